The maximum atomic E-state index is 12.0. The van der Waals surface area contributed by atoms with Crippen LogP contribution in [0, 0.1) is 5.92 Å². The number of amides is 1. The van der Waals surface area contributed by atoms with Gasteiger partial charge in [-0.15, -0.1) is 0 Å². The summed E-state index contributed by atoms with van der Waals surface area (Å²) in [5.41, 5.74) is 0.671. The summed E-state index contributed by atoms with van der Waals surface area (Å²) in [5.74, 6) is -0.586. The lowest BCUT2D eigenvalue weighted by Crippen LogP contribution is -2.28. The average Bonchev–Trinajstić information content (AvgIpc) is 2.47. The number of hydrogen-bond donors (Lipinski definition) is 2. The number of carboxylic acid groups (broad SMARTS) is 1. The second-order valence-corrected chi connectivity index (χ2v) is 4.58. The van der Waals surface area contributed by atoms with Gasteiger partial charge in [0.15, 0.2) is 6.61 Å². The van der Waals surface area contributed by atoms with Gasteiger partial charge in [-0.25, -0.2) is 4.79 Å². The lowest BCUT2D eigenvalue weighted by molar-refractivity contribution is -0.139. The van der Waals surface area contributed by atoms with Crippen molar-refractivity contribution in [1.29, 1.82) is 0 Å². The first kappa shape index (κ1) is 14.3. The molecule has 1 aliphatic rings. The molecule has 1 aromatic rings. The first-order valence-corrected chi connectivity index (χ1v) is 6.48. The maximum Gasteiger partial charge on any atom is 0.341 e. The van der Waals surface area contributed by atoms with E-state index in [-0.39, 0.29) is 18.4 Å². The van der Waals surface area contributed by atoms with E-state index in [1.807, 2.05) is 0 Å². The molecule has 0 aromatic heterocycles. The fourth-order valence-corrected chi connectivity index (χ4v) is 1.98. The third-order valence-electron chi connectivity index (χ3n) is 3.08. The Labute approximate surface area is 116 Å². The molecule has 6 nitrogen and oxygen atoms in total. The second-order valence-electron chi connectivity index (χ2n) is 4.58. The topological polar surface area (TPSA) is 84.9 Å². The molecule has 1 amide bonds. The van der Waals surface area contributed by atoms with Gasteiger partial charge in [-0.3, -0.25) is 4.79 Å². The lowest BCUT2D eigenvalue weighted by Gasteiger charge is -2.21. The first-order valence-electron chi connectivity index (χ1n) is 6.48. The number of hydrogen-bond acceptors (Lipinski definition) is 4. The van der Waals surface area contributed by atoms with Crippen molar-refractivity contribution in [3.8, 4) is 5.75 Å². The highest BCUT2D eigenvalue weighted by Gasteiger charge is 2.21. The molecule has 1 fully saturated rings. The van der Waals surface area contributed by atoms with Crippen LogP contribution in [0.1, 0.15) is 12.8 Å². The Morgan fingerprint density at radius 2 is 1.90 bits per heavy atom. The van der Waals surface area contributed by atoms with Crippen LogP contribution in [0.2, 0.25) is 0 Å². The molecule has 0 radical (unpaired) electrons. The summed E-state index contributed by atoms with van der Waals surface area (Å²) in [6.45, 7) is 0.869. The van der Waals surface area contributed by atoms with Crippen molar-refractivity contribution in [2.24, 2.45) is 5.92 Å². The Hall–Kier alpha value is -2.08. The minimum absolute atomic E-state index is 0.00694. The third-order valence-corrected chi connectivity index (χ3v) is 3.08. The maximum absolute atomic E-state index is 12.0. The van der Waals surface area contributed by atoms with E-state index >= 15 is 0 Å². The predicted molar refractivity (Wildman–Crippen MR) is 71.7 cm³/mol. The zero-order chi connectivity index (χ0) is 14.4. The van der Waals surface area contributed by atoms with Crippen LogP contribution < -0.4 is 10.1 Å². The van der Waals surface area contributed by atoms with Crippen LogP contribution in [0.3, 0.4) is 0 Å². The smallest absolute Gasteiger partial charge is 0.341 e. The standard InChI is InChI=1S/C14H17NO5/c16-13(17)9-20-12-3-1-11(2-4-12)15-14(18)10-5-7-19-8-6-10/h1-4,10H,5-9H2,(H,15,18)(H,16,17). The number of nitrogens with one attached hydrogen (secondary N) is 1. The summed E-state index contributed by atoms with van der Waals surface area (Å²) in [4.78, 5) is 22.4. The van der Waals surface area contributed by atoms with Gasteiger partial charge in [-0.2, -0.15) is 0 Å². The summed E-state index contributed by atoms with van der Waals surface area (Å²) in [5, 5.41) is 11.3. The number of carbonyl (C=O) groups excluding carboxylic acids is 1. The molecule has 2 N–H and O–H groups in total. The van der Waals surface area contributed by atoms with Gasteiger partial charge >= 0.3 is 5.97 Å². The number of aliphatic carboxylic acids is 1. The van der Waals surface area contributed by atoms with E-state index < -0.39 is 5.97 Å². The van der Waals surface area contributed by atoms with E-state index in [0.717, 1.165) is 12.8 Å². The quantitative estimate of drug-likeness (QED) is 0.853. The van der Waals surface area contributed by atoms with Crippen LogP contribution in [0.5, 0.6) is 5.75 Å². The number of benzene rings is 1. The normalized spacial score (nSPS) is 15.6. The number of anilines is 1. The van der Waals surface area contributed by atoms with E-state index in [1.54, 1.807) is 24.3 Å². The molecule has 0 aliphatic carbocycles. The third kappa shape index (κ3) is 4.24. The molecular formula is C14H17NO5. The fraction of sp³-hybridized carbons (Fsp3) is 0.429. The highest BCUT2D eigenvalue weighted by Crippen LogP contribution is 2.19. The van der Waals surface area contributed by atoms with Gasteiger partial charge in [-0.05, 0) is 37.1 Å². The van der Waals surface area contributed by atoms with Crippen LogP contribution in [0.25, 0.3) is 0 Å². The van der Waals surface area contributed by atoms with Crippen molar-refractivity contribution in [2.45, 2.75) is 12.8 Å². The van der Waals surface area contributed by atoms with E-state index in [1.165, 1.54) is 0 Å². The van der Waals surface area contributed by atoms with Crippen molar-refractivity contribution in [1.82, 2.24) is 0 Å². The summed E-state index contributed by atoms with van der Waals surface area (Å²) in [7, 11) is 0. The number of carbonyl (C=O) groups is 2. The molecule has 0 saturated carbocycles. The van der Waals surface area contributed by atoms with Crippen LogP contribution in [0.4, 0.5) is 5.69 Å². The van der Waals surface area contributed by atoms with Crippen molar-refractivity contribution in [3.63, 3.8) is 0 Å². The van der Waals surface area contributed by atoms with Gasteiger partial charge in [-0.1, -0.05) is 0 Å². The second kappa shape index (κ2) is 6.91. The van der Waals surface area contributed by atoms with E-state index in [4.69, 9.17) is 14.6 Å². The molecule has 1 aliphatic heterocycles. The molecule has 108 valence electrons. The monoisotopic (exact) mass is 279 g/mol. The largest absolute Gasteiger partial charge is 0.482 e. The summed E-state index contributed by atoms with van der Waals surface area (Å²) >= 11 is 0. The summed E-state index contributed by atoms with van der Waals surface area (Å²) in [6.07, 6.45) is 1.48. The number of ether oxygens (including phenoxy) is 2. The Bertz CT molecular complexity index is 465. The molecule has 0 bridgehead atoms. The fourth-order valence-electron chi connectivity index (χ4n) is 1.98. The van der Waals surface area contributed by atoms with Crippen molar-refractivity contribution >= 4 is 17.6 Å². The summed E-state index contributed by atoms with van der Waals surface area (Å²) < 4.78 is 10.2. The lowest BCUT2D eigenvalue weighted by atomic mass is 9.99. The number of rotatable bonds is 5. The molecule has 1 saturated heterocycles. The van der Waals surface area contributed by atoms with E-state index in [9.17, 15) is 9.59 Å². The van der Waals surface area contributed by atoms with Gasteiger partial charge in [0.25, 0.3) is 0 Å². The van der Waals surface area contributed by atoms with Crippen molar-refractivity contribution < 1.29 is 24.2 Å². The van der Waals surface area contributed by atoms with Crippen LogP contribution >= 0.6 is 0 Å². The van der Waals surface area contributed by atoms with Gasteiger partial charge in [0.1, 0.15) is 5.75 Å². The first-order chi connectivity index (χ1) is 9.65. The molecule has 0 unspecified atom stereocenters. The molecule has 20 heavy (non-hydrogen) atoms. The molecule has 1 heterocycles. The minimum atomic E-state index is -1.03. The van der Waals surface area contributed by atoms with Crippen molar-refractivity contribution in [3.05, 3.63) is 24.3 Å². The van der Waals surface area contributed by atoms with Gasteiger partial charge in [0, 0.05) is 24.8 Å². The molecular weight excluding hydrogens is 262 g/mol. The Morgan fingerprint density at radius 1 is 1.25 bits per heavy atom. The zero-order valence-corrected chi connectivity index (χ0v) is 11.0. The SMILES string of the molecule is O=C(O)COc1ccc(NC(=O)C2CCOCC2)cc1. The van der Waals surface area contributed by atoms with Crippen molar-refractivity contribution in [2.75, 3.05) is 25.1 Å². The van der Waals surface area contributed by atoms with Gasteiger partial charge in [0.2, 0.25) is 5.91 Å². The highest BCUT2D eigenvalue weighted by atomic mass is 16.5. The minimum Gasteiger partial charge on any atom is -0.482 e. The number of carboxylic acids is 1. The highest BCUT2D eigenvalue weighted by molar-refractivity contribution is 5.92. The van der Waals surface area contributed by atoms with Gasteiger partial charge < -0.3 is 19.9 Å². The Morgan fingerprint density at radius 3 is 2.50 bits per heavy atom. The average molecular weight is 279 g/mol. The Balaban J connectivity index is 1.86. The van der Waals surface area contributed by atoms with Gasteiger partial charge in [0.05, 0.1) is 0 Å². The molecule has 6 heteroatoms. The van der Waals surface area contributed by atoms with Crippen LogP contribution in [-0.2, 0) is 14.3 Å². The molecule has 2 rings (SSSR count). The van der Waals surface area contributed by atoms with E-state index in [0.29, 0.717) is 24.7 Å². The van der Waals surface area contributed by atoms with Crippen LogP contribution in [-0.4, -0.2) is 36.8 Å². The van der Waals surface area contributed by atoms with Crippen LogP contribution in [0.15, 0.2) is 24.3 Å². The Kier molecular flexibility index (Phi) is 4.95. The zero-order valence-electron chi connectivity index (χ0n) is 11.0. The molecule has 0 atom stereocenters. The predicted octanol–water partition coefficient (Wildman–Crippen LogP) is 1.52. The molecule has 1 aromatic carbocycles. The summed E-state index contributed by atoms with van der Waals surface area (Å²) in [6, 6.07) is 6.63. The molecule has 0 spiro atoms. The van der Waals surface area contributed by atoms with E-state index in [2.05, 4.69) is 5.32 Å².